The fourth-order valence-corrected chi connectivity index (χ4v) is 2.89. The van der Waals surface area contributed by atoms with Crippen LogP contribution in [0.2, 0.25) is 0 Å². The monoisotopic (exact) mass is 240 g/mol. The van der Waals surface area contributed by atoms with E-state index >= 15 is 0 Å². The van der Waals surface area contributed by atoms with E-state index < -0.39 is 0 Å². The summed E-state index contributed by atoms with van der Waals surface area (Å²) >= 11 is 0. The molecule has 0 radical (unpaired) electrons. The molecule has 1 heterocycles. The molecule has 1 N–H and O–H groups in total. The highest BCUT2D eigenvalue weighted by molar-refractivity contribution is 4.90. The Morgan fingerprint density at radius 2 is 1.88 bits per heavy atom. The maximum Gasteiger partial charge on any atom is 0.0224 e. The van der Waals surface area contributed by atoms with Crippen molar-refractivity contribution in [3.05, 3.63) is 0 Å². The minimum absolute atomic E-state index is 0.696. The highest BCUT2D eigenvalue weighted by Crippen LogP contribution is 2.21. The van der Waals surface area contributed by atoms with Crippen molar-refractivity contribution in [3.8, 4) is 0 Å². The van der Waals surface area contributed by atoms with Crippen LogP contribution in [0.3, 0.4) is 0 Å². The van der Waals surface area contributed by atoms with Gasteiger partial charge in [0, 0.05) is 31.2 Å². The molecule has 102 valence electrons. The zero-order chi connectivity index (χ0) is 12.8. The Bertz CT molecular complexity index is 205. The topological polar surface area (TPSA) is 15.3 Å². The van der Waals surface area contributed by atoms with Gasteiger partial charge >= 0.3 is 0 Å². The molecule has 0 aromatic heterocycles. The van der Waals surface area contributed by atoms with Crippen molar-refractivity contribution in [1.82, 2.24) is 10.2 Å². The first-order chi connectivity index (χ1) is 8.13. The van der Waals surface area contributed by atoms with Crippen molar-refractivity contribution in [2.45, 2.75) is 78.4 Å². The van der Waals surface area contributed by atoms with Crippen molar-refractivity contribution >= 4 is 0 Å². The molecule has 0 amide bonds. The quantitative estimate of drug-likeness (QED) is 0.766. The summed E-state index contributed by atoms with van der Waals surface area (Å²) in [5.41, 5.74) is 0. The third-order valence-corrected chi connectivity index (χ3v) is 4.60. The molecule has 0 aromatic carbocycles. The second-order valence-electron chi connectivity index (χ2n) is 5.80. The number of rotatable bonds is 6. The van der Waals surface area contributed by atoms with Crippen molar-refractivity contribution in [2.75, 3.05) is 13.1 Å². The second-order valence-corrected chi connectivity index (χ2v) is 5.80. The van der Waals surface area contributed by atoms with E-state index in [-0.39, 0.29) is 0 Å². The summed E-state index contributed by atoms with van der Waals surface area (Å²) < 4.78 is 0. The van der Waals surface area contributed by atoms with Gasteiger partial charge in [-0.1, -0.05) is 40.5 Å². The molecule has 4 unspecified atom stereocenters. The summed E-state index contributed by atoms with van der Waals surface area (Å²) in [7, 11) is 0. The van der Waals surface area contributed by atoms with Crippen LogP contribution in [0.5, 0.6) is 0 Å². The summed E-state index contributed by atoms with van der Waals surface area (Å²) in [5.74, 6) is 0.795. The van der Waals surface area contributed by atoms with Crippen LogP contribution in [-0.2, 0) is 0 Å². The molecule has 0 aliphatic carbocycles. The lowest BCUT2D eigenvalue weighted by molar-refractivity contribution is 0.0665. The predicted molar refractivity (Wildman–Crippen MR) is 76.4 cm³/mol. The Labute approximate surface area is 108 Å². The molecule has 1 saturated heterocycles. The molecule has 1 aliphatic rings. The summed E-state index contributed by atoms with van der Waals surface area (Å²) in [6.07, 6.45) is 5.19. The van der Waals surface area contributed by atoms with E-state index in [1.807, 2.05) is 0 Å². The third kappa shape index (κ3) is 3.96. The predicted octanol–water partition coefficient (Wildman–Crippen LogP) is 3.27. The smallest absolute Gasteiger partial charge is 0.0224 e. The first-order valence-corrected chi connectivity index (χ1v) is 7.63. The lowest BCUT2D eigenvalue weighted by Gasteiger charge is -2.45. The Hall–Kier alpha value is -0.0800. The van der Waals surface area contributed by atoms with Crippen molar-refractivity contribution < 1.29 is 0 Å². The SMILES string of the molecule is CCCC1CNC(C(C)CC)CN1C(C)CC. The first kappa shape index (κ1) is 15.0. The summed E-state index contributed by atoms with van der Waals surface area (Å²) in [5, 5.41) is 3.77. The average Bonchev–Trinajstić information content (AvgIpc) is 2.37. The summed E-state index contributed by atoms with van der Waals surface area (Å²) in [6, 6.07) is 2.19. The van der Waals surface area contributed by atoms with Gasteiger partial charge in [-0.2, -0.15) is 0 Å². The minimum atomic E-state index is 0.696. The molecule has 1 fully saturated rings. The number of nitrogens with one attached hydrogen (secondary N) is 1. The fourth-order valence-electron chi connectivity index (χ4n) is 2.89. The number of piperazine rings is 1. The third-order valence-electron chi connectivity index (χ3n) is 4.60. The Morgan fingerprint density at radius 3 is 2.41 bits per heavy atom. The van der Waals surface area contributed by atoms with Crippen molar-refractivity contribution in [3.63, 3.8) is 0 Å². The van der Waals surface area contributed by atoms with Crippen LogP contribution >= 0.6 is 0 Å². The molecule has 2 nitrogen and oxygen atoms in total. The van der Waals surface area contributed by atoms with E-state index in [4.69, 9.17) is 0 Å². The van der Waals surface area contributed by atoms with Gasteiger partial charge in [0.2, 0.25) is 0 Å². The van der Waals surface area contributed by atoms with Crippen LogP contribution in [0.15, 0.2) is 0 Å². The van der Waals surface area contributed by atoms with E-state index in [9.17, 15) is 0 Å². The number of hydrogen-bond acceptors (Lipinski definition) is 2. The van der Waals surface area contributed by atoms with Crippen molar-refractivity contribution in [1.29, 1.82) is 0 Å². The largest absolute Gasteiger partial charge is 0.311 e. The van der Waals surface area contributed by atoms with Crippen LogP contribution in [0.4, 0.5) is 0 Å². The highest BCUT2D eigenvalue weighted by atomic mass is 15.3. The van der Waals surface area contributed by atoms with E-state index in [2.05, 4.69) is 44.8 Å². The first-order valence-electron chi connectivity index (χ1n) is 7.63. The lowest BCUT2D eigenvalue weighted by Crippen LogP contribution is -2.60. The molecular weight excluding hydrogens is 208 g/mol. The molecule has 4 atom stereocenters. The lowest BCUT2D eigenvalue weighted by atomic mass is 9.93. The fraction of sp³-hybridized carbons (Fsp3) is 1.00. The molecule has 0 bridgehead atoms. The van der Waals surface area contributed by atoms with Gasteiger partial charge < -0.3 is 5.32 Å². The van der Waals surface area contributed by atoms with Crippen LogP contribution in [-0.4, -0.2) is 36.1 Å². The van der Waals surface area contributed by atoms with Gasteiger partial charge in [0.1, 0.15) is 0 Å². The van der Waals surface area contributed by atoms with Gasteiger partial charge in [0.05, 0.1) is 0 Å². The van der Waals surface area contributed by atoms with Crippen LogP contribution < -0.4 is 5.32 Å². The van der Waals surface area contributed by atoms with Gasteiger partial charge in [-0.3, -0.25) is 4.90 Å². The zero-order valence-electron chi connectivity index (χ0n) is 12.5. The average molecular weight is 240 g/mol. The zero-order valence-corrected chi connectivity index (χ0v) is 12.5. The maximum atomic E-state index is 3.77. The summed E-state index contributed by atoms with van der Waals surface area (Å²) in [6.45, 7) is 14.1. The maximum absolute atomic E-state index is 3.77. The van der Waals surface area contributed by atoms with E-state index in [0.29, 0.717) is 6.04 Å². The van der Waals surface area contributed by atoms with Crippen LogP contribution in [0.1, 0.15) is 60.3 Å². The Balaban J connectivity index is 2.62. The highest BCUT2D eigenvalue weighted by Gasteiger charge is 2.31. The molecule has 17 heavy (non-hydrogen) atoms. The molecule has 1 aliphatic heterocycles. The summed E-state index contributed by atoms with van der Waals surface area (Å²) in [4.78, 5) is 2.76. The number of nitrogens with zero attached hydrogens (tertiary/aromatic N) is 1. The van der Waals surface area contributed by atoms with Crippen molar-refractivity contribution in [2.24, 2.45) is 5.92 Å². The normalized spacial score (nSPS) is 30.2. The van der Waals surface area contributed by atoms with Crippen LogP contribution in [0, 0.1) is 5.92 Å². The van der Waals surface area contributed by atoms with Gasteiger partial charge in [0.15, 0.2) is 0 Å². The molecule has 2 heteroatoms. The molecule has 0 spiro atoms. The number of hydrogen-bond donors (Lipinski definition) is 1. The Kier molecular flexibility index (Phi) is 6.50. The van der Waals surface area contributed by atoms with Crippen LogP contribution in [0.25, 0.3) is 0 Å². The van der Waals surface area contributed by atoms with E-state index in [1.165, 1.54) is 38.8 Å². The van der Waals surface area contributed by atoms with Gasteiger partial charge in [0.25, 0.3) is 0 Å². The molecular formula is C15H32N2. The second kappa shape index (κ2) is 7.38. The molecule has 1 rings (SSSR count). The van der Waals surface area contributed by atoms with Gasteiger partial charge in [-0.15, -0.1) is 0 Å². The Morgan fingerprint density at radius 1 is 1.18 bits per heavy atom. The van der Waals surface area contributed by atoms with Gasteiger partial charge in [-0.05, 0) is 25.7 Å². The van der Waals surface area contributed by atoms with Gasteiger partial charge in [-0.25, -0.2) is 0 Å². The van der Waals surface area contributed by atoms with E-state index in [1.54, 1.807) is 0 Å². The molecule has 0 aromatic rings. The standard InChI is InChI=1S/C15H32N2/c1-6-9-14-10-16-15(12(4)7-2)11-17(14)13(5)8-3/h12-16H,6-11H2,1-5H3. The minimum Gasteiger partial charge on any atom is -0.311 e. The molecule has 0 saturated carbocycles. The van der Waals surface area contributed by atoms with E-state index in [0.717, 1.165) is 18.0 Å².